The van der Waals surface area contributed by atoms with Crippen molar-refractivity contribution in [1.82, 2.24) is 0 Å². The van der Waals surface area contributed by atoms with Crippen LogP contribution in [0.5, 0.6) is 0 Å². The fourth-order valence-corrected chi connectivity index (χ4v) is 1.93. The van der Waals surface area contributed by atoms with Crippen LogP contribution >= 0.6 is 15.9 Å². The Balaban J connectivity index is 2.24. The van der Waals surface area contributed by atoms with Gasteiger partial charge in [-0.2, -0.15) is 0 Å². The third-order valence-corrected chi connectivity index (χ3v) is 3.07. The summed E-state index contributed by atoms with van der Waals surface area (Å²) in [5.41, 5.74) is 0.214. The van der Waals surface area contributed by atoms with E-state index in [-0.39, 0.29) is 11.1 Å². The Morgan fingerprint density at radius 2 is 1.65 bits per heavy atom. The third-order valence-electron chi connectivity index (χ3n) is 2.58. The normalized spacial score (nSPS) is 11.0. The number of rotatable bonds is 3. The monoisotopic (exact) mass is 340 g/mol. The highest BCUT2D eigenvalue weighted by molar-refractivity contribution is 9.10. The van der Waals surface area contributed by atoms with E-state index in [4.69, 9.17) is 0 Å². The Morgan fingerprint density at radius 3 is 2.35 bits per heavy atom. The second-order valence-corrected chi connectivity index (χ2v) is 4.91. The van der Waals surface area contributed by atoms with Crippen LogP contribution in [0.4, 0.5) is 13.2 Å². The first-order valence-electron chi connectivity index (χ1n) is 5.60. The van der Waals surface area contributed by atoms with Crippen molar-refractivity contribution in [3.8, 4) is 0 Å². The average molecular weight is 341 g/mol. The van der Waals surface area contributed by atoms with Gasteiger partial charge in [0.25, 0.3) is 0 Å². The molecule has 0 N–H and O–H groups in total. The maximum Gasteiger partial charge on any atom is 0.185 e. The number of ketones is 1. The summed E-state index contributed by atoms with van der Waals surface area (Å²) in [5, 5.41) is 0. The largest absolute Gasteiger partial charge is 0.289 e. The topological polar surface area (TPSA) is 17.1 Å². The summed E-state index contributed by atoms with van der Waals surface area (Å²) in [6.45, 7) is 0. The van der Waals surface area contributed by atoms with E-state index in [1.165, 1.54) is 30.3 Å². The van der Waals surface area contributed by atoms with Crippen molar-refractivity contribution in [2.75, 3.05) is 0 Å². The van der Waals surface area contributed by atoms with E-state index in [2.05, 4.69) is 15.9 Å². The van der Waals surface area contributed by atoms with Gasteiger partial charge in [0, 0.05) is 15.6 Å². The molecule has 2 aromatic carbocycles. The summed E-state index contributed by atoms with van der Waals surface area (Å²) in [6, 6.07) is 7.14. The molecule has 0 saturated heterocycles. The first-order chi connectivity index (χ1) is 9.47. The van der Waals surface area contributed by atoms with Gasteiger partial charge in [-0.25, -0.2) is 13.2 Å². The maximum absolute atomic E-state index is 13.4. The van der Waals surface area contributed by atoms with Crippen molar-refractivity contribution in [3.63, 3.8) is 0 Å². The van der Waals surface area contributed by atoms with Crippen molar-refractivity contribution in [1.29, 1.82) is 0 Å². The molecular formula is C15H8BrF3O. The summed E-state index contributed by atoms with van der Waals surface area (Å²) in [7, 11) is 0. The van der Waals surface area contributed by atoms with Crippen molar-refractivity contribution in [3.05, 3.63) is 75.5 Å². The lowest BCUT2D eigenvalue weighted by molar-refractivity contribution is 0.104. The molecule has 0 aliphatic carbocycles. The van der Waals surface area contributed by atoms with Gasteiger partial charge >= 0.3 is 0 Å². The Hall–Kier alpha value is -1.88. The van der Waals surface area contributed by atoms with Crippen molar-refractivity contribution in [2.45, 2.75) is 0 Å². The van der Waals surface area contributed by atoms with Gasteiger partial charge in [0.1, 0.15) is 5.82 Å². The number of benzene rings is 2. The fraction of sp³-hybridized carbons (Fsp3) is 0. The zero-order chi connectivity index (χ0) is 14.7. The molecule has 0 spiro atoms. The fourth-order valence-electron chi connectivity index (χ4n) is 1.55. The van der Waals surface area contributed by atoms with Crippen LogP contribution in [0.2, 0.25) is 0 Å². The van der Waals surface area contributed by atoms with Crippen molar-refractivity contribution in [2.24, 2.45) is 0 Å². The maximum atomic E-state index is 13.4. The van der Waals surface area contributed by atoms with Crippen LogP contribution < -0.4 is 0 Å². The van der Waals surface area contributed by atoms with E-state index < -0.39 is 23.2 Å². The number of carbonyl (C=O) groups excluding carboxylic acids is 1. The van der Waals surface area contributed by atoms with Crippen LogP contribution in [-0.4, -0.2) is 5.78 Å². The Labute approximate surface area is 121 Å². The zero-order valence-corrected chi connectivity index (χ0v) is 11.6. The molecule has 0 radical (unpaired) electrons. The molecular weight excluding hydrogens is 333 g/mol. The Bertz CT molecular complexity index is 696. The quantitative estimate of drug-likeness (QED) is 0.581. The molecule has 5 heteroatoms. The Kier molecular flexibility index (Phi) is 4.39. The minimum absolute atomic E-state index is 0.00412. The molecule has 0 bridgehead atoms. The minimum atomic E-state index is -1.10. The molecule has 2 rings (SSSR count). The van der Waals surface area contributed by atoms with Crippen LogP contribution in [-0.2, 0) is 0 Å². The number of allylic oxidation sites excluding steroid dienone is 1. The number of hydrogen-bond acceptors (Lipinski definition) is 1. The van der Waals surface area contributed by atoms with Crippen LogP contribution in [0.15, 0.2) is 46.9 Å². The van der Waals surface area contributed by atoms with E-state index in [0.717, 1.165) is 18.2 Å². The van der Waals surface area contributed by atoms with Gasteiger partial charge in [-0.15, -0.1) is 0 Å². The number of halogens is 4. The van der Waals surface area contributed by atoms with E-state index in [1.54, 1.807) is 0 Å². The van der Waals surface area contributed by atoms with Crippen LogP contribution in [0.1, 0.15) is 15.9 Å². The molecule has 0 atom stereocenters. The van der Waals surface area contributed by atoms with Crippen LogP contribution in [0.3, 0.4) is 0 Å². The number of hydrogen-bond donors (Lipinski definition) is 0. The van der Waals surface area contributed by atoms with Gasteiger partial charge in [0.15, 0.2) is 17.4 Å². The van der Waals surface area contributed by atoms with Gasteiger partial charge in [0.2, 0.25) is 0 Å². The summed E-state index contributed by atoms with van der Waals surface area (Å²) in [5.74, 6) is -3.15. The summed E-state index contributed by atoms with van der Waals surface area (Å²) in [6.07, 6.45) is 2.39. The Morgan fingerprint density at radius 1 is 0.950 bits per heavy atom. The second kappa shape index (κ2) is 6.05. The van der Waals surface area contributed by atoms with Gasteiger partial charge in [-0.05, 0) is 48.6 Å². The van der Waals surface area contributed by atoms with Gasteiger partial charge < -0.3 is 0 Å². The molecule has 0 heterocycles. The molecule has 2 aromatic rings. The van der Waals surface area contributed by atoms with E-state index >= 15 is 0 Å². The molecule has 20 heavy (non-hydrogen) atoms. The summed E-state index contributed by atoms with van der Waals surface area (Å²) in [4.78, 5) is 11.8. The molecule has 0 saturated carbocycles. The summed E-state index contributed by atoms with van der Waals surface area (Å²) < 4.78 is 39.9. The molecule has 0 unspecified atom stereocenters. The molecule has 102 valence electrons. The average Bonchev–Trinajstić information content (AvgIpc) is 2.42. The zero-order valence-electron chi connectivity index (χ0n) is 10.0. The highest BCUT2D eigenvalue weighted by atomic mass is 79.9. The second-order valence-electron chi connectivity index (χ2n) is 3.99. The first kappa shape index (κ1) is 14.5. The lowest BCUT2D eigenvalue weighted by Gasteiger charge is -1.99. The predicted octanol–water partition coefficient (Wildman–Crippen LogP) is 4.76. The molecule has 0 aliphatic rings. The molecule has 0 fully saturated rings. The predicted molar refractivity (Wildman–Crippen MR) is 73.8 cm³/mol. The van der Waals surface area contributed by atoms with Gasteiger partial charge in [-0.1, -0.05) is 15.9 Å². The standard InChI is InChI=1S/C15H8BrF3O/c16-11-3-5-12(17)9(7-11)2-6-15(20)10-1-4-13(18)14(19)8-10/h1-8H/b6-2+. The lowest BCUT2D eigenvalue weighted by Crippen LogP contribution is -1.96. The minimum Gasteiger partial charge on any atom is -0.289 e. The molecule has 0 aromatic heterocycles. The smallest absolute Gasteiger partial charge is 0.185 e. The van der Waals surface area contributed by atoms with Gasteiger partial charge in [-0.3, -0.25) is 4.79 Å². The molecule has 1 nitrogen and oxygen atoms in total. The van der Waals surface area contributed by atoms with Gasteiger partial charge in [0.05, 0.1) is 0 Å². The van der Waals surface area contributed by atoms with Crippen molar-refractivity contribution >= 4 is 27.8 Å². The summed E-state index contributed by atoms with van der Waals surface area (Å²) >= 11 is 3.19. The van der Waals surface area contributed by atoms with Crippen LogP contribution in [0, 0.1) is 17.5 Å². The lowest BCUT2D eigenvalue weighted by atomic mass is 10.1. The van der Waals surface area contributed by atoms with Crippen LogP contribution in [0.25, 0.3) is 6.08 Å². The highest BCUT2D eigenvalue weighted by Crippen LogP contribution is 2.17. The van der Waals surface area contributed by atoms with E-state index in [1.807, 2.05) is 0 Å². The van der Waals surface area contributed by atoms with E-state index in [0.29, 0.717) is 4.47 Å². The molecule has 0 aliphatic heterocycles. The first-order valence-corrected chi connectivity index (χ1v) is 6.39. The SMILES string of the molecule is O=C(/C=C/c1cc(Br)ccc1F)c1ccc(F)c(F)c1. The molecule has 0 amide bonds. The number of carbonyl (C=O) groups is 1. The highest BCUT2D eigenvalue weighted by Gasteiger charge is 2.07. The van der Waals surface area contributed by atoms with E-state index in [9.17, 15) is 18.0 Å². The third kappa shape index (κ3) is 3.36. The van der Waals surface area contributed by atoms with Crippen molar-refractivity contribution < 1.29 is 18.0 Å².